The lowest BCUT2D eigenvalue weighted by atomic mass is 10.1. The Morgan fingerprint density at radius 3 is 2.58 bits per heavy atom. The number of nitrogens with one attached hydrogen (secondary N) is 1. The number of anilines is 1. The fourth-order valence-corrected chi connectivity index (χ4v) is 1.54. The summed E-state index contributed by atoms with van der Waals surface area (Å²) >= 11 is 0. The lowest BCUT2D eigenvalue weighted by molar-refractivity contribution is -0.384. The number of rotatable bonds is 2. The summed E-state index contributed by atoms with van der Waals surface area (Å²) in [5.41, 5.74) is 1.91. The van der Waals surface area contributed by atoms with E-state index in [-0.39, 0.29) is 16.2 Å². The van der Waals surface area contributed by atoms with Crippen molar-refractivity contribution in [2.45, 2.75) is 32.8 Å². The van der Waals surface area contributed by atoms with E-state index in [0.717, 1.165) is 18.7 Å². The minimum absolute atomic E-state index is 0.156. The van der Waals surface area contributed by atoms with Crippen LogP contribution in [0.1, 0.15) is 26.3 Å². The van der Waals surface area contributed by atoms with Gasteiger partial charge < -0.3 is 10.1 Å². The first kappa shape index (κ1) is 14.9. The van der Waals surface area contributed by atoms with Crippen LogP contribution < -0.4 is 5.32 Å². The number of nitro benzene ring substituents is 1. The topological polar surface area (TPSA) is 81.5 Å². The number of nitrogens with zero attached hydrogens (tertiary/aromatic N) is 1. The zero-order valence-electron chi connectivity index (χ0n) is 11.3. The number of nitro groups is 1. The van der Waals surface area contributed by atoms with E-state index in [1.54, 1.807) is 12.1 Å². The number of carbonyl (C=O) groups is 1. The van der Waals surface area contributed by atoms with Gasteiger partial charge in [0.05, 0.1) is 4.92 Å². The van der Waals surface area contributed by atoms with E-state index >= 15 is 0 Å². The molecule has 6 nitrogen and oxygen atoms in total. The number of hydrogen-bond donors (Lipinski definition) is 1. The molecule has 1 heterocycles. The van der Waals surface area contributed by atoms with Crippen molar-refractivity contribution in [1.29, 1.82) is 0 Å². The second-order valence-corrected chi connectivity index (χ2v) is 5.10. The van der Waals surface area contributed by atoms with Crippen molar-refractivity contribution in [2.24, 2.45) is 0 Å². The summed E-state index contributed by atoms with van der Waals surface area (Å²) in [4.78, 5) is 19.6. The molecule has 0 saturated heterocycles. The van der Waals surface area contributed by atoms with Crippen molar-refractivity contribution in [2.75, 3.05) is 11.9 Å². The van der Waals surface area contributed by atoms with Crippen LogP contribution in [0.2, 0.25) is 0 Å². The number of benzene rings is 1. The summed E-state index contributed by atoms with van der Waals surface area (Å²) in [6, 6.07) is 4.95. The summed E-state index contributed by atoms with van der Waals surface area (Å²) in [5, 5.41) is 13.5. The molecule has 1 N–H and O–H groups in total. The summed E-state index contributed by atoms with van der Waals surface area (Å²) in [5.74, 6) is 0. The summed E-state index contributed by atoms with van der Waals surface area (Å²) in [7, 11) is 0. The Morgan fingerprint density at radius 2 is 2.11 bits per heavy atom. The molecule has 1 aromatic rings. The highest BCUT2D eigenvalue weighted by Crippen LogP contribution is 2.26. The Bertz CT molecular complexity index is 466. The number of non-ortho nitro benzene ring substituents is 1. The van der Waals surface area contributed by atoms with Gasteiger partial charge in [-0.2, -0.15) is 0 Å². The first-order chi connectivity index (χ1) is 8.83. The lowest BCUT2D eigenvalue weighted by Gasteiger charge is -2.14. The smallest absolute Gasteiger partial charge is 0.293 e. The normalized spacial score (nSPS) is 12.6. The first-order valence-electron chi connectivity index (χ1n) is 5.96. The zero-order valence-corrected chi connectivity index (χ0v) is 11.3. The predicted molar refractivity (Wildman–Crippen MR) is 72.2 cm³/mol. The van der Waals surface area contributed by atoms with Crippen LogP contribution in [0, 0.1) is 10.1 Å². The number of fused-ring (bicyclic) bond motifs is 1. The maximum Gasteiger partial charge on any atom is 0.293 e. The molecule has 1 aromatic carbocycles. The monoisotopic (exact) mass is 266 g/mol. The van der Waals surface area contributed by atoms with Gasteiger partial charge in [0.1, 0.15) is 5.60 Å². The van der Waals surface area contributed by atoms with Crippen LogP contribution >= 0.6 is 0 Å². The van der Waals surface area contributed by atoms with Gasteiger partial charge in [-0.25, -0.2) is 0 Å². The molecule has 1 aliphatic heterocycles. The highest BCUT2D eigenvalue weighted by atomic mass is 16.6. The van der Waals surface area contributed by atoms with Crippen molar-refractivity contribution < 1.29 is 14.5 Å². The predicted octanol–water partition coefficient (Wildman–Crippen LogP) is 2.52. The van der Waals surface area contributed by atoms with Crippen LogP contribution in [-0.2, 0) is 16.0 Å². The maximum atomic E-state index is 10.4. The SMILES string of the molecule is CC(C)(C)OC=O.O=[N+]([O-])c1ccc2c(c1)NCC2. The molecule has 2 rings (SSSR count). The van der Waals surface area contributed by atoms with Crippen LogP contribution in [0.3, 0.4) is 0 Å². The molecule has 1 aliphatic rings. The highest BCUT2D eigenvalue weighted by Gasteiger charge is 2.13. The third-order valence-corrected chi connectivity index (χ3v) is 2.42. The molecule has 0 bridgehead atoms. The molecule has 104 valence electrons. The van der Waals surface area contributed by atoms with E-state index in [2.05, 4.69) is 10.1 Å². The summed E-state index contributed by atoms with van der Waals surface area (Å²) < 4.78 is 4.55. The largest absolute Gasteiger partial charge is 0.462 e. The van der Waals surface area contributed by atoms with Gasteiger partial charge in [0.15, 0.2) is 0 Å². The quantitative estimate of drug-likeness (QED) is 0.505. The van der Waals surface area contributed by atoms with E-state index in [1.807, 2.05) is 26.8 Å². The number of hydrogen-bond acceptors (Lipinski definition) is 5. The van der Waals surface area contributed by atoms with Crippen molar-refractivity contribution in [3.8, 4) is 0 Å². The molecule has 19 heavy (non-hydrogen) atoms. The van der Waals surface area contributed by atoms with E-state index in [9.17, 15) is 14.9 Å². The van der Waals surface area contributed by atoms with Crippen LogP contribution in [0.25, 0.3) is 0 Å². The molecular weight excluding hydrogens is 248 g/mol. The van der Waals surface area contributed by atoms with Crippen LogP contribution in [0.15, 0.2) is 18.2 Å². The lowest BCUT2D eigenvalue weighted by Crippen LogP contribution is -2.17. The fraction of sp³-hybridized carbons (Fsp3) is 0.462. The minimum atomic E-state index is -0.375. The average Bonchev–Trinajstić information content (AvgIpc) is 2.74. The molecule has 0 aromatic heterocycles. The fourth-order valence-electron chi connectivity index (χ4n) is 1.54. The third kappa shape index (κ3) is 4.95. The standard InChI is InChI=1S/C8H8N2O2.C5H10O2/c11-10(12)7-2-1-6-3-4-9-8(6)5-7;1-5(2,3)7-4-6/h1-2,5,9H,3-4H2;4H,1-3H3. The van der Waals surface area contributed by atoms with Gasteiger partial charge in [0.2, 0.25) is 0 Å². The molecule has 6 heteroatoms. The van der Waals surface area contributed by atoms with Gasteiger partial charge in [-0.3, -0.25) is 14.9 Å². The van der Waals surface area contributed by atoms with Crippen LogP contribution in [-0.4, -0.2) is 23.5 Å². The highest BCUT2D eigenvalue weighted by molar-refractivity contribution is 5.60. The Morgan fingerprint density at radius 1 is 1.42 bits per heavy atom. The van der Waals surface area contributed by atoms with Crippen LogP contribution in [0.4, 0.5) is 11.4 Å². The molecule has 0 aliphatic carbocycles. The van der Waals surface area contributed by atoms with Crippen molar-refractivity contribution in [1.82, 2.24) is 0 Å². The van der Waals surface area contributed by atoms with Crippen LogP contribution in [0.5, 0.6) is 0 Å². The first-order valence-corrected chi connectivity index (χ1v) is 5.96. The Hall–Kier alpha value is -2.11. The maximum absolute atomic E-state index is 10.4. The molecule has 0 spiro atoms. The van der Waals surface area contributed by atoms with Gasteiger partial charge >= 0.3 is 0 Å². The molecule has 0 atom stereocenters. The number of ether oxygens (including phenoxy) is 1. The number of carbonyl (C=O) groups excluding carboxylic acids is 1. The van der Waals surface area contributed by atoms with Gasteiger partial charge in [-0.05, 0) is 32.8 Å². The van der Waals surface area contributed by atoms with Gasteiger partial charge in [-0.15, -0.1) is 0 Å². The second-order valence-electron chi connectivity index (χ2n) is 5.10. The molecule has 0 unspecified atom stereocenters. The Balaban J connectivity index is 0.000000224. The zero-order chi connectivity index (χ0) is 14.5. The van der Waals surface area contributed by atoms with E-state index in [0.29, 0.717) is 6.47 Å². The van der Waals surface area contributed by atoms with E-state index < -0.39 is 0 Å². The Labute approximate surface area is 111 Å². The van der Waals surface area contributed by atoms with Gasteiger partial charge in [-0.1, -0.05) is 6.07 Å². The third-order valence-electron chi connectivity index (χ3n) is 2.42. The molecular formula is C13H18N2O4. The Kier molecular flexibility index (Phi) is 4.86. The van der Waals surface area contributed by atoms with Crippen molar-refractivity contribution in [3.63, 3.8) is 0 Å². The second kappa shape index (κ2) is 6.17. The summed E-state index contributed by atoms with van der Waals surface area (Å²) in [6.45, 7) is 6.81. The van der Waals surface area contributed by atoms with Crippen molar-refractivity contribution >= 4 is 17.8 Å². The van der Waals surface area contributed by atoms with E-state index in [1.165, 1.54) is 5.56 Å². The molecule has 0 radical (unpaired) electrons. The van der Waals surface area contributed by atoms with Gasteiger partial charge in [0, 0.05) is 24.4 Å². The minimum Gasteiger partial charge on any atom is -0.462 e. The molecule has 0 fully saturated rings. The molecule has 0 saturated carbocycles. The van der Waals surface area contributed by atoms with E-state index in [4.69, 9.17) is 0 Å². The van der Waals surface area contributed by atoms with Crippen molar-refractivity contribution in [3.05, 3.63) is 33.9 Å². The average molecular weight is 266 g/mol. The molecule has 0 amide bonds. The van der Waals surface area contributed by atoms with Gasteiger partial charge in [0.25, 0.3) is 12.2 Å². The summed E-state index contributed by atoms with van der Waals surface area (Å²) in [6.07, 6.45) is 0.966.